The van der Waals surface area contributed by atoms with Crippen molar-refractivity contribution in [3.63, 3.8) is 0 Å². The Balaban J connectivity index is 2.19. The summed E-state index contributed by atoms with van der Waals surface area (Å²) in [5.41, 5.74) is 0.0752. The lowest BCUT2D eigenvalue weighted by Crippen LogP contribution is -2.32. The Hall–Kier alpha value is -2.18. The molecule has 0 unspecified atom stereocenters. The first-order chi connectivity index (χ1) is 9.10. The molecule has 1 saturated carbocycles. The van der Waals surface area contributed by atoms with E-state index in [2.05, 4.69) is 14.7 Å². The molecular formula is C12H15N3O4. The molecule has 1 N–H and O–H groups in total. The van der Waals surface area contributed by atoms with E-state index in [1.54, 1.807) is 4.90 Å². The molecule has 1 aromatic heterocycles. The zero-order chi connectivity index (χ0) is 13.8. The van der Waals surface area contributed by atoms with E-state index >= 15 is 0 Å². The molecule has 0 saturated heterocycles. The van der Waals surface area contributed by atoms with Crippen molar-refractivity contribution in [3.05, 3.63) is 18.1 Å². The second-order valence-electron chi connectivity index (χ2n) is 4.47. The molecule has 1 aromatic rings. The number of esters is 1. The smallest absolute Gasteiger partial charge is 0.358 e. The molecule has 7 nitrogen and oxygen atoms in total. The molecule has 0 aromatic carbocycles. The highest BCUT2D eigenvalue weighted by molar-refractivity contribution is 5.87. The Morgan fingerprint density at radius 2 is 2.21 bits per heavy atom. The molecule has 1 aliphatic carbocycles. The lowest BCUT2D eigenvalue weighted by molar-refractivity contribution is -0.135. The minimum Gasteiger partial charge on any atom is -0.480 e. The number of methoxy groups -OCH3 is 1. The van der Waals surface area contributed by atoms with Crippen LogP contribution in [0.5, 0.6) is 0 Å². The third kappa shape index (κ3) is 3.64. The normalized spacial score (nSPS) is 13.9. The molecule has 7 heteroatoms. The number of hydrogen-bond acceptors (Lipinski definition) is 6. The first-order valence-corrected chi connectivity index (χ1v) is 5.97. The number of carbonyl (C=O) groups is 2. The molecule has 2 rings (SSSR count). The van der Waals surface area contributed by atoms with Crippen LogP contribution in [0, 0.1) is 5.92 Å². The standard InChI is InChI=1S/C12H15N3O4/c1-19-12(18)9-4-13-5-10(14-9)15(7-11(16)17)6-8-2-3-8/h4-5,8H,2-3,6-7H2,1H3,(H,16,17). The fraction of sp³-hybridized carbons (Fsp3) is 0.500. The molecule has 1 aliphatic rings. The fourth-order valence-corrected chi connectivity index (χ4v) is 1.73. The first kappa shape index (κ1) is 13.3. The predicted molar refractivity (Wildman–Crippen MR) is 65.9 cm³/mol. The van der Waals surface area contributed by atoms with Crippen molar-refractivity contribution in [2.24, 2.45) is 5.92 Å². The molecule has 0 spiro atoms. The van der Waals surface area contributed by atoms with Crippen molar-refractivity contribution in [3.8, 4) is 0 Å². The van der Waals surface area contributed by atoms with Crippen LogP contribution in [0.1, 0.15) is 23.3 Å². The number of carboxylic acid groups (broad SMARTS) is 1. The van der Waals surface area contributed by atoms with Gasteiger partial charge in [0.1, 0.15) is 12.4 Å². The third-order valence-corrected chi connectivity index (χ3v) is 2.84. The monoisotopic (exact) mass is 265 g/mol. The van der Waals surface area contributed by atoms with Gasteiger partial charge in [-0.3, -0.25) is 9.78 Å². The number of carbonyl (C=O) groups excluding carboxylic acids is 1. The van der Waals surface area contributed by atoms with E-state index in [9.17, 15) is 9.59 Å². The van der Waals surface area contributed by atoms with Gasteiger partial charge in [-0.25, -0.2) is 9.78 Å². The highest BCUT2D eigenvalue weighted by atomic mass is 16.5. The minimum atomic E-state index is -0.939. The van der Waals surface area contributed by atoms with Crippen molar-refractivity contribution >= 4 is 17.8 Å². The Kier molecular flexibility index (Phi) is 3.94. The van der Waals surface area contributed by atoms with Gasteiger partial charge in [-0.1, -0.05) is 0 Å². The number of rotatable bonds is 6. The second kappa shape index (κ2) is 5.64. The van der Waals surface area contributed by atoms with E-state index in [4.69, 9.17) is 5.11 Å². The lowest BCUT2D eigenvalue weighted by atomic mass is 10.3. The molecule has 0 atom stereocenters. The number of aromatic nitrogens is 2. The van der Waals surface area contributed by atoms with E-state index < -0.39 is 11.9 Å². The van der Waals surface area contributed by atoms with Gasteiger partial charge < -0.3 is 14.7 Å². The van der Waals surface area contributed by atoms with E-state index in [1.165, 1.54) is 19.5 Å². The number of nitrogens with zero attached hydrogens (tertiary/aromatic N) is 3. The molecule has 1 fully saturated rings. The minimum absolute atomic E-state index is 0.0752. The average Bonchev–Trinajstić information content (AvgIpc) is 3.20. The summed E-state index contributed by atoms with van der Waals surface area (Å²) in [6.07, 6.45) is 4.95. The summed E-state index contributed by atoms with van der Waals surface area (Å²) in [4.78, 5) is 31.9. The van der Waals surface area contributed by atoms with Crippen LogP contribution in [0.3, 0.4) is 0 Å². The zero-order valence-corrected chi connectivity index (χ0v) is 10.6. The summed E-state index contributed by atoms with van der Waals surface area (Å²) < 4.78 is 4.57. The van der Waals surface area contributed by atoms with Crippen molar-refractivity contribution in [1.82, 2.24) is 9.97 Å². The van der Waals surface area contributed by atoms with Crippen LogP contribution in [-0.4, -0.2) is 47.2 Å². The molecule has 1 heterocycles. The zero-order valence-electron chi connectivity index (χ0n) is 10.6. The van der Waals surface area contributed by atoms with Crippen molar-refractivity contribution in [2.75, 3.05) is 25.1 Å². The van der Waals surface area contributed by atoms with Gasteiger partial charge in [0.15, 0.2) is 5.69 Å². The van der Waals surface area contributed by atoms with Crippen molar-refractivity contribution < 1.29 is 19.4 Å². The maximum atomic E-state index is 11.4. The number of anilines is 1. The third-order valence-electron chi connectivity index (χ3n) is 2.84. The van der Waals surface area contributed by atoms with Crippen LogP contribution in [0.4, 0.5) is 5.82 Å². The Morgan fingerprint density at radius 1 is 1.47 bits per heavy atom. The number of aliphatic carboxylic acids is 1. The summed E-state index contributed by atoms with van der Waals surface area (Å²) in [5, 5.41) is 8.92. The summed E-state index contributed by atoms with van der Waals surface area (Å²) in [7, 11) is 1.26. The molecule has 0 amide bonds. The van der Waals surface area contributed by atoms with Crippen molar-refractivity contribution in [2.45, 2.75) is 12.8 Å². The van der Waals surface area contributed by atoms with Gasteiger partial charge in [-0.2, -0.15) is 0 Å². The number of ether oxygens (including phenoxy) is 1. The average molecular weight is 265 g/mol. The Labute approximate surface area is 110 Å². The molecule has 102 valence electrons. The highest BCUT2D eigenvalue weighted by Gasteiger charge is 2.26. The van der Waals surface area contributed by atoms with Gasteiger partial charge in [0, 0.05) is 6.54 Å². The van der Waals surface area contributed by atoms with Crippen LogP contribution in [0.25, 0.3) is 0 Å². The molecule has 19 heavy (non-hydrogen) atoms. The van der Waals surface area contributed by atoms with E-state index in [-0.39, 0.29) is 12.2 Å². The van der Waals surface area contributed by atoms with E-state index in [1.807, 2.05) is 0 Å². The van der Waals surface area contributed by atoms with Gasteiger partial charge in [0.25, 0.3) is 0 Å². The van der Waals surface area contributed by atoms with Gasteiger partial charge >= 0.3 is 11.9 Å². The van der Waals surface area contributed by atoms with Crippen LogP contribution >= 0.6 is 0 Å². The van der Waals surface area contributed by atoms with Gasteiger partial charge in [-0.15, -0.1) is 0 Å². The highest BCUT2D eigenvalue weighted by Crippen LogP contribution is 2.30. The van der Waals surface area contributed by atoms with Gasteiger partial charge in [0.2, 0.25) is 0 Å². The largest absolute Gasteiger partial charge is 0.480 e. The fourth-order valence-electron chi connectivity index (χ4n) is 1.73. The predicted octanol–water partition coefficient (Wildman–Crippen LogP) is 0.564. The molecule has 0 radical (unpaired) electrons. The second-order valence-corrected chi connectivity index (χ2v) is 4.47. The number of carboxylic acids is 1. The summed E-state index contributed by atoms with van der Waals surface area (Å²) >= 11 is 0. The van der Waals surface area contributed by atoms with Gasteiger partial charge in [0.05, 0.1) is 19.5 Å². The van der Waals surface area contributed by atoms with E-state index in [0.717, 1.165) is 12.8 Å². The van der Waals surface area contributed by atoms with Crippen molar-refractivity contribution in [1.29, 1.82) is 0 Å². The van der Waals surface area contributed by atoms with Crippen LogP contribution in [0.2, 0.25) is 0 Å². The summed E-state index contributed by atoms with van der Waals surface area (Å²) in [6.45, 7) is 0.460. The van der Waals surface area contributed by atoms with Crippen LogP contribution < -0.4 is 4.90 Å². The number of hydrogen-bond donors (Lipinski definition) is 1. The maximum absolute atomic E-state index is 11.4. The topological polar surface area (TPSA) is 92.6 Å². The quantitative estimate of drug-likeness (QED) is 0.751. The summed E-state index contributed by atoms with van der Waals surface area (Å²) in [5.74, 6) is -0.637. The van der Waals surface area contributed by atoms with Crippen LogP contribution in [0.15, 0.2) is 12.4 Å². The van der Waals surface area contributed by atoms with E-state index in [0.29, 0.717) is 18.3 Å². The summed E-state index contributed by atoms with van der Waals surface area (Å²) in [6, 6.07) is 0. The van der Waals surface area contributed by atoms with Crippen LogP contribution in [-0.2, 0) is 9.53 Å². The Bertz CT molecular complexity index is 488. The Morgan fingerprint density at radius 3 is 2.79 bits per heavy atom. The maximum Gasteiger partial charge on any atom is 0.358 e. The molecule has 0 aliphatic heterocycles. The van der Waals surface area contributed by atoms with Gasteiger partial charge in [-0.05, 0) is 18.8 Å². The lowest BCUT2D eigenvalue weighted by Gasteiger charge is -2.21. The molecule has 0 bridgehead atoms. The SMILES string of the molecule is COC(=O)c1cncc(N(CC(=O)O)CC2CC2)n1. The molecular weight excluding hydrogens is 250 g/mol. The first-order valence-electron chi connectivity index (χ1n) is 5.97.